The number of hydrogen-bond acceptors (Lipinski definition) is 4. The van der Waals surface area contributed by atoms with Crippen LogP contribution in [0.1, 0.15) is 35.2 Å². The minimum absolute atomic E-state index is 0.118. The zero-order valence-electron chi connectivity index (χ0n) is 15.1. The van der Waals surface area contributed by atoms with Gasteiger partial charge in [0, 0.05) is 35.6 Å². The van der Waals surface area contributed by atoms with Crippen molar-refractivity contribution in [2.24, 2.45) is 0 Å². The molecule has 5 nitrogen and oxygen atoms in total. The SMILES string of the molecule is Cc1nc(CC(=O)N2CCCC(c3[nH]ncc3-c3ccc(F)cc3)C2)cs1. The van der Waals surface area contributed by atoms with Crippen molar-refractivity contribution < 1.29 is 9.18 Å². The number of amides is 1. The molecule has 2 aromatic heterocycles. The van der Waals surface area contributed by atoms with Crippen molar-refractivity contribution in [1.82, 2.24) is 20.1 Å². The van der Waals surface area contributed by atoms with Crippen LogP contribution < -0.4 is 0 Å². The summed E-state index contributed by atoms with van der Waals surface area (Å²) in [5.41, 5.74) is 3.77. The highest BCUT2D eigenvalue weighted by molar-refractivity contribution is 7.09. The van der Waals surface area contributed by atoms with Gasteiger partial charge in [0.2, 0.25) is 5.91 Å². The van der Waals surface area contributed by atoms with E-state index in [0.717, 1.165) is 46.9 Å². The molecule has 0 spiro atoms. The van der Waals surface area contributed by atoms with Gasteiger partial charge < -0.3 is 4.90 Å². The Bertz CT molecular complexity index is 934. The van der Waals surface area contributed by atoms with E-state index in [-0.39, 0.29) is 17.6 Å². The second-order valence-corrected chi connectivity index (χ2v) is 7.98. The summed E-state index contributed by atoms with van der Waals surface area (Å²) in [6.07, 6.45) is 4.08. The van der Waals surface area contributed by atoms with Crippen LogP contribution in [-0.4, -0.2) is 39.1 Å². The molecule has 1 fully saturated rings. The number of nitrogens with zero attached hydrogens (tertiary/aromatic N) is 3. The number of thiazole rings is 1. The quantitative estimate of drug-likeness (QED) is 0.741. The lowest BCUT2D eigenvalue weighted by Crippen LogP contribution is -2.40. The van der Waals surface area contributed by atoms with Crippen LogP contribution in [0.2, 0.25) is 0 Å². The predicted molar refractivity (Wildman–Crippen MR) is 103 cm³/mol. The molecule has 1 N–H and O–H groups in total. The molecule has 1 aromatic carbocycles. The number of aromatic nitrogens is 3. The van der Waals surface area contributed by atoms with Crippen molar-refractivity contribution in [3.8, 4) is 11.1 Å². The lowest BCUT2D eigenvalue weighted by atomic mass is 9.90. The number of benzene rings is 1. The van der Waals surface area contributed by atoms with Gasteiger partial charge in [-0.2, -0.15) is 5.10 Å². The van der Waals surface area contributed by atoms with Crippen LogP contribution in [0.4, 0.5) is 4.39 Å². The van der Waals surface area contributed by atoms with Crippen LogP contribution in [0.3, 0.4) is 0 Å². The van der Waals surface area contributed by atoms with Crippen molar-refractivity contribution in [2.45, 2.75) is 32.1 Å². The lowest BCUT2D eigenvalue weighted by molar-refractivity contribution is -0.131. The normalized spacial score (nSPS) is 17.3. The third kappa shape index (κ3) is 3.93. The maximum Gasteiger partial charge on any atom is 0.228 e. The maximum atomic E-state index is 13.2. The molecule has 1 atom stereocenters. The lowest BCUT2D eigenvalue weighted by Gasteiger charge is -2.32. The molecule has 4 rings (SSSR count). The van der Waals surface area contributed by atoms with E-state index in [9.17, 15) is 9.18 Å². The molecule has 0 aliphatic carbocycles. The number of aromatic amines is 1. The van der Waals surface area contributed by atoms with Crippen LogP contribution >= 0.6 is 11.3 Å². The molecule has 140 valence electrons. The molecule has 1 saturated heterocycles. The molecular weight excluding hydrogens is 363 g/mol. The second-order valence-electron chi connectivity index (χ2n) is 6.92. The van der Waals surface area contributed by atoms with Crippen molar-refractivity contribution in [3.05, 3.63) is 58.1 Å². The fourth-order valence-corrected chi connectivity index (χ4v) is 4.27. The molecule has 3 aromatic rings. The van der Waals surface area contributed by atoms with Gasteiger partial charge in [-0.05, 0) is 37.5 Å². The van der Waals surface area contributed by atoms with Crippen LogP contribution in [0.15, 0.2) is 35.8 Å². The average molecular weight is 384 g/mol. The van der Waals surface area contributed by atoms with E-state index in [1.807, 2.05) is 17.2 Å². The Balaban J connectivity index is 1.49. The van der Waals surface area contributed by atoms with E-state index in [1.54, 1.807) is 29.7 Å². The van der Waals surface area contributed by atoms with Gasteiger partial charge in [-0.15, -0.1) is 11.3 Å². The minimum atomic E-state index is -0.254. The van der Waals surface area contributed by atoms with Gasteiger partial charge in [0.05, 0.1) is 23.3 Å². The van der Waals surface area contributed by atoms with Gasteiger partial charge >= 0.3 is 0 Å². The third-order valence-corrected chi connectivity index (χ3v) is 5.83. The van der Waals surface area contributed by atoms with E-state index >= 15 is 0 Å². The van der Waals surface area contributed by atoms with Crippen molar-refractivity contribution in [2.75, 3.05) is 13.1 Å². The van der Waals surface area contributed by atoms with E-state index in [0.29, 0.717) is 13.0 Å². The number of H-pyrrole nitrogens is 1. The van der Waals surface area contributed by atoms with Crippen LogP contribution in [0.25, 0.3) is 11.1 Å². The van der Waals surface area contributed by atoms with Gasteiger partial charge in [-0.25, -0.2) is 9.37 Å². The zero-order valence-corrected chi connectivity index (χ0v) is 15.9. The molecule has 0 bridgehead atoms. The second kappa shape index (κ2) is 7.60. The Morgan fingerprint density at radius 3 is 2.93 bits per heavy atom. The molecule has 0 radical (unpaired) electrons. The standard InChI is InChI=1S/C20H21FN4OS/c1-13-23-17(12-27-13)9-19(26)25-8-2-3-15(11-25)20-18(10-22-24-20)14-4-6-16(21)7-5-14/h4-7,10,12,15H,2-3,8-9,11H2,1H3,(H,22,24). The highest BCUT2D eigenvalue weighted by Crippen LogP contribution is 2.33. The highest BCUT2D eigenvalue weighted by Gasteiger charge is 2.28. The third-order valence-electron chi connectivity index (χ3n) is 5.01. The molecule has 1 unspecified atom stereocenters. The van der Waals surface area contributed by atoms with Crippen molar-refractivity contribution in [1.29, 1.82) is 0 Å². The number of hydrogen-bond donors (Lipinski definition) is 1. The maximum absolute atomic E-state index is 13.2. The van der Waals surface area contributed by atoms with Crippen LogP contribution in [0, 0.1) is 12.7 Å². The number of carbonyl (C=O) groups excluding carboxylic acids is 1. The van der Waals surface area contributed by atoms with Crippen LogP contribution in [0.5, 0.6) is 0 Å². The first-order valence-corrected chi connectivity index (χ1v) is 9.96. The number of halogens is 1. The fourth-order valence-electron chi connectivity index (χ4n) is 3.66. The van der Waals surface area contributed by atoms with E-state index in [2.05, 4.69) is 15.2 Å². The smallest absolute Gasteiger partial charge is 0.228 e. The topological polar surface area (TPSA) is 61.9 Å². The highest BCUT2D eigenvalue weighted by atomic mass is 32.1. The van der Waals surface area contributed by atoms with E-state index in [1.165, 1.54) is 12.1 Å². The Kier molecular flexibility index (Phi) is 5.03. The zero-order chi connectivity index (χ0) is 18.8. The number of rotatable bonds is 4. The number of nitrogens with one attached hydrogen (secondary N) is 1. The first kappa shape index (κ1) is 17.9. The van der Waals surface area contributed by atoms with E-state index in [4.69, 9.17) is 0 Å². The Morgan fingerprint density at radius 2 is 2.19 bits per heavy atom. The molecule has 3 heterocycles. The van der Waals surface area contributed by atoms with Crippen LogP contribution in [-0.2, 0) is 11.2 Å². The molecule has 1 amide bonds. The van der Waals surface area contributed by atoms with E-state index < -0.39 is 0 Å². The molecule has 1 aliphatic rings. The van der Waals surface area contributed by atoms with Gasteiger partial charge in [-0.3, -0.25) is 9.89 Å². The fraction of sp³-hybridized carbons (Fsp3) is 0.350. The Morgan fingerprint density at radius 1 is 1.37 bits per heavy atom. The molecule has 7 heteroatoms. The first-order chi connectivity index (χ1) is 13.1. The minimum Gasteiger partial charge on any atom is -0.342 e. The number of likely N-dealkylation sites (tertiary alicyclic amines) is 1. The Labute approximate surface area is 161 Å². The summed E-state index contributed by atoms with van der Waals surface area (Å²) < 4.78 is 13.2. The molecule has 0 saturated carbocycles. The predicted octanol–water partition coefficient (Wildman–Crippen LogP) is 3.93. The summed E-state index contributed by atoms with van der Waals surface area (Å²) in [7, 11) is 0. The summed E-state index contributed by atoms with van der Waals surface area (Å²) >= 11 is 1.57. The molecular formula is C20H21FN4OS. The largest absolute Gasteiger partial charge is 0.342 e. The van der Waals surface area contributed by atoms with Crippen molar-refractivity contribution in [3.63, 3.8) is 0 Å². The average Bonchev–Trinajstić information content (AvgIpc) is 3.32. The number of aryl methyl sites for hydroxylation is 1. The first-order valence-electron chi connectivity index (χ1n) is 9.08. The van der Waals surface area contributed by atoms with Crippen molar-refractivity contribution >= 4 is 17.2 Å². The van der Waals surface area contributed by atoms with Gasteiger partial charge in [0.25, 0.3) is 0 Å². The summed E-state index contributed by atoms with van der Waals surface area (Å²) in [4.78, 5) is 19.0. The van der Waals surface area contributed by atoms with Gasteiger partial charge in [0.1, 0.15) is 5.82 Å². The molecule has 1 aliphatic heterocycles. The summed E-state index contributed by atoms with van der Waals surface area (Å²) in [5.74, 6) is 0.0609. The summed E-state index contributed by atoms with van der Waals surface area (Å²) in [5, 5.41) is 10.3. The Hall–Kier alpha value is -2.54. The number of carbonyl (C=O) groups is 1. The summed E-state index contributed by atoms with van der Waals surface area (Å²) in [6, 6.07) is 6.44. The van der Waals surface area contributed by atoms with Gasteiger partial charge in [0.15, 0.2) is 0 Å². The summed E-state index contributed by atoms with van der Waals surface area (Å²) in [6.45, 7) is 3.39. The number of piperidine rings is 1. The molecule has 27 heavy (non-hydrogen) atoms. The van der Waals surface area contributed by atoms with Gasteiger partial charge in [-0.1, -0.05) is 12.1 Å². The monoisotopic (exact) mass is 384 g/mol.